The Morgan fingerprint density at radius 2 is 1.65 bits per heavy atom. The molecule has 2 aliphatic heterocycles. The predicted molar refractivity (Wildman–Crippen MR) is 98.6 cm³/mol. The number of anilines is 1. The van der Waals surface area contributed by atoms with Crippen LogP contribution in [-0.4, -0.2) is 75.6 Å². The zero-order valence-corrected chi connectivity index (χ0v) is 15.6. The van der Waals surface area contributed by atoms with Crippen LogP contribution in [0.15, 0.2) is 16.8 Å². The molecule has 2 saturated heterocycles. The number of hydrogen-bond donors (Lipinski definition) is 0. The highest BCUT2D eigenvalue weighted by Gasteiger charge is 2.28. The summed E-state index contributed by atoms with van der Waals surface area (Å²) in [5, 5.41) is 12.2. The Morgan fingerprint density at radius 1 is 0.962 bits per heavy atom. The number of carbonyl (C=O) groups is 2. The second-order valence-electron chi connectivity index (χ2n) is 6.67. The SMILES string of the molecule is Cn1c(C(=O)N2CCCC2)nnc1N1CCN(C(=O)c2ccsc2)CC1. The first-order chi connectivity index (χ1) is 12.6. The first kappa shape index (κ1) is 17.0. The van der Waals surface area contributed by atoms with Gasteiger partial charge in [0.15, 0.2) is 0 Å². The zero-order chi connectivity index (χ0) is 18.1. The minimum Gasteiger partial charge on any atom is -0.337 e. The molecular formula is C17H22N6O2S. The van der Waals surface area contributed by atoms with Gasteiger partial charge < -0.3 is 14.7 Å². The molecule has 0 bridgehead atoms. The molecule has 2 aromatic heterocycles. The maximum Gasteiger partial charge on any atom is 0.291 e. The summed E-state index contributed by atoms with van der Waals surface area (Å²) in [6, 6.07) is 1.86. The third-order valence-corrected chi connectivity index (χ3v) is 5.74. The van der Waals surface area contributed by atoms with Crippen LogP contribution in [0.1, 0.15) is 33.8 Å². The van der Waals surface area contributed by atoms with Crippen LogP contribution in [0.2, 0.25) is 0 Å². The van der Waals surface area contributed by atoms with Crippen molar-refractivity contribution in [2.45, 2.75) is 12.8 Å². The molecule has 2 aliphatic rings. The van der Waals surface area contributed by atoms with Gasteiger partial charge in [-0.05, 0) is 24.3 Å². The molecule has 0 radical (unpaired) electrons. The van der Waals surface area contributed by atoms with E-state index >= 15 is 0 Å². The Balaban J connectivity index is 1.42. The highest BCUT2D eigenvalue weighted by Crippen LogP contribution is 2.18. The van der Waals surface area contributed by atoms with E-state index in [0.717, 1.165) is 31.5 Å². The molecule has 2 fully saturated rings. The van der Waals surface area contributed by atoms with Gasteiger partial charge in [0.05, 0.1) is 5.56 Å². The van der Waals surface area contributed by atoms with E-state index in [-0.39, 0.29) is 11.8 Å². The third-order valence-electron chi connectivity index (χ3n) is 5.05. The van der Waals surface area contributed by atoms with Crippen molar-refractivity contribution < 1.29 is 9.59 Å². The predicted octanol–water partition coefficient (Wildman–Crippen LogP) is 1.07. The van der Waals surface area contributed by atoms with Crippen LogP contribution in [0, 0.1) is 0 Å². The van der Waals surface area contributed by atoms with E-state index in [1.165, 1.54) is 11.3 Å². The van der Waals surface area contributed by atoms with Gasteiger partial charge in [-0.3, -0.25) is 14.2 Å². The van der Waals surface area contributed by atoms with Crippen LogP contribution in [0.4, 0.5) is 5.95 Å². The van der Waals surface area contributed by atoms with Crippen molar-refractivity contribution in [3.8, 4) is 0 Å². The smallest absolute Gasteiger partial charge is 0.291 e. The number of thiophene rings is 1. The van der Waals surface area contributed by atoms with Crippen LogP contribution in [0.5, 0.6) is 0 Å². The number of nitrogens with zero attached hydrogens (tertiary/aromatic N) is 6. The fourth-order valence-electron chi connectivity index (χ4n) is 3.52. The fraction of sp³-hybridized carbons (Fsp3) is 0.529. The quantitative estimate of drug-likeness (QED) is 0.804. The van der Waals surface area contributed by atoms with Crippen molar-refractivity contribution >= 4 is 29.1 Å². The first-order valence-corrected chi connectivity index (χ1v) is 9.84. The molecule has 0 aliphatic carbocycles. The maximum atomic E-state index is 12.6. The molecule has 0 N–H and O–H groups in total. The average molecular weight is 374 g/mol. The molecule has 0 unspecified atom stereocenters. The number of amides is 2. The number of likely N-dealkylation sites (tertiary alicyclic amines) is 1. The summed E-state index contributed by atoms with van der Waals surface area (Å²) in [5.74, 6) is 1.11. The standard InChI is InChI=1S/C17H22N6O2S/c1-20-14(16(25)21-5-2-3-6-21)18-19-17(20)23-9-7-22(8-10-23)15(24)13-4-11-26-12-13/h4,11-12H,2-3,5-10H2,1H3. The van der Waals surface area contributed by atoms with Crippen molar-refractivity contribution in [2.75, 3.05) is 44.2 Å². The van der Waals surface area contributed by atoms with Gasteiger partial charge in [0.1, 0.15) is 0 Å². The number of rotatable bonds is 3. The van der Waals surface area contributed by atoms with Gasteiger partial charge >= 0.3 is 0 Å². The van der Waals surface area contributed by atoms with Crippen molar-refractivity contribution in [3.63, 3.8) is 0 Å². The largest absolute Gasteiger partial charge is 0.337 e. The molecule has 2 amide bonds. The topological polar surface area (TPSA) is 74.6 Å². The summed E-state index contributed by atoms with van der Waals surface area (Å²) < 4.78 is 1.77. The minimum absolute atomic E-state index is 0.0463. The molecular weight excluding hydrogens is 352 g/mol. The molecule has 0 aromatic carbocycles. The molecule has 26 heavy (non-hydrogen) atoms. The molecule has 0 atom stereocenters. The molecule has 4 heterocycles. The van der Waals surface area contributed by atoms with Gasteiger partial charge in [-0.1, -0.05) is 0 Å². The molecule has 9 heteroatoms. The molecule has 8 nitrogen and oxygen atoms in total. The zero-order valence-electron chi connectivity index (χ0n) is 14.8. The van der Waals surface area contributed by atoms with Crippen LogP contribution in [-0.2, 0) is 7.05 Å². The fourth-order valence-corrected chi connectivity index (χ4v) is 4.15. The monoisotopic (exact) mass is 374 g/mol. The summed E-state index contributed by atoms with van der Waals surface area (Å²) in [4.78, 5) is 30.8. The summed E-state index contributed by atoms with van der Waals surface area (Å²) in [5.41, 5.74) is 0.751. The average Bonchev–Trinajstić information content (AvgIpc) is 3.42. The van der Waals surface area contributed by atoms with Crippen LogP contribution in [0.25, 0.3) is 0 Å². The van der Waals surface area contributed by atoms with Crippen molar-refractivity contribution in [1.29, 1.82) is 0 Å². The second-order valence-corrected chi connectivity index (χ2v) is 7.45. The normalized spacial score (nSPS) is 17.8. The molecule has 0 spiro atoms. The lowest BCUT2D eigenvalue weighted by Crippen LogP contribution is -2.49. The van der Waals surface area contributed by atoms with E-state index in [9.17, 15) is 9.59 Å². The number of carbonyl (C=O) groups excluding carboxylic acids is 2. The van der Waals surface area contributed by atoms with E-state index in [1.807, 2.05) is 33.7 Å². The van der Waals surface area contributed by atoms with Gasteiger partial charge in [0.25, 0.3) is 11.8 Å². The molecule has 138 valence electrons. The lowest BCUT2D eigenvalue weighted by atomic mass is 10.2. The Bertz CT molecular complexity index is 788. The van der Waals surface area contributed by atoms with E-state index in [1.54, 1.807) is 4.57 Å². The Hall–Kier alpha value is -2.42. The summed E-state index contributed by atoms with van der Waals surface area (Å²) in [6.45, 7) is 4.22. The van der Waals surface area contributed by atoms with Crippen molar-refractivity contribution in [1.82, 2.24) is 24.6 Å². The number of aromatic nitrogens is 3. The Labute approximate surface area is 156 Å². The number of piperazine rings is 1. The van der Waals surface area contributed by atoms with Gasteiger partial charge in [0, 0.05) is 51.7 Å². The van der Waals surface area contributed by atoms with Gasteiger partial charge in [0.2, 0.25) is 11.8 Å². The van der Waals surface area contributed by atoms with E-state index in [0.29, 0.717) is 38.0 Å². The van der Waals surface area contributed by atoms with E-state index < -0.39 is 0 Å². The summed E-state index contributed by atoms with van der Waals surface area (Å²) >= 11 is 1.53. The third kappa shape index (κ3) is 3.07. The van der Waals surface area contributed by atoms with E-state index in [4.69, 9.17) is 0 Å². The summed E-state index contributed by atoms with van der Waals surface area (Å²) in [7, 11) is 1.83. The lowest BCUT2D eigenvalue weighted by molar-refractivity contribution is 0.0746. The highest BCUT2D eigenvalue weighted by atomic mass is 32.1. The maximum absolute atomic E-state index is 12.6. The lowest BCUT2D eigenvalue weighted by Gasteiger charge is -2.34. The van der Waals surface area contributed by atoms with Gasteiger partial charge in [-0.15, -0.1) is 10.2 Å². The van der Waals surface area contributed by atoms with Crippen molar-refractivity contribution in [3.05, 3.63) is 28.2 Å². The van der Waals surface area contributed by atoms with Gasteiger partial charge in [-0.2, -0.15) is 11.3 Å². The minimum atomic E-state index is -0.0463. The number of hydrogen-bond acceptors (Lipinski definition) is 6. The van der Waals surface area contributed by atoms with Crippen molar-refractivity contribution in [2.24, 2.45) is 7.05 Å². The second kappa shape index (κ2) is 7.06. The van der Waals surface area contributed by atoms with E-state index in [2.05, 4.69) is 15.1 Å². The Morgan fingerprint density at radius 3 is 2.31 bits per heavy atom. The molecule has 0 saturated carbocycles. The van der Waals surface area contributed by atoms with Crippen LogP contribution in [0.3, 0.4) is 0 Å². The first-order valence-electron chi connectivity index (χ1n) is 8.90. The van der Waals surface area contributed by atoms with Crippen LogP contribution >= 0.6 is 11.3 Å². The van der Waals surface area contributed by atoms with Gasteiger partial charge in [-0.25, -0.2) is 0 Å². The molecule has 4 rings (SSSR count). The van der Waals surface area contributed by atoms with Crippen LogP contribution < -0.4 is 4.90 Å². The Kier molecular flexibility index (Phi) is 4.62. The summed E-state index contributed by atoms with van der Waals surface area (Å²) in [6.07, 6.45) is 2.10. The molecule has 2 aromatic rings. The highest BCUT2D eigenvalue weighted by molar-refractivity contribution is 7.08.